The van der Waals surface area contributed by atoms with Gasteiger partial charge in [0.2, 0.25) is 10.0 Å². The first-order valence-electron chi connectivity index (χ1n) is 5.20. The Kier molecular flexibility index (Phi) is 5.33. The summed E-state index contributed by atoms with van der Waals surface area (Å²) in [6, 6.07) is 4.56. The Morgan fingerprint density at radius 3 is 2.67 bits per heavy atom. The number of benzene rings is 1. The number of nitrogens with two attached hydrogens (primary N) is 1. The molecular formula is C11H15BrN2O3S. The highest BCUT2D eigenvalue weighted by Crippen LogP contribution is 2.25. The average molecular weight is 335 g/mol. The van der Waals surface area contributed by atoms with E-state index in [2.05, 4.69) is 22.5 Å². The van der Waals surface area contributed by atoms with E-state index >= 15 is 0 Å². The van der Waals surface area contributed by atoms with Gasteiger partial charge in [0.15, 0.2) is 0 Å². The molecule has 0 aliphatic carbocycles. The zero-order valence-corrected chi connectivity index (χ0v) is 12.1. The summed E-state index contributed by atoms with van der Waals surface area (Å²) in [5.74, 6) is 0. The average Bonchev–Trinajstić information content (AvgIpc) is 2.28. The Morgan fingerprint density at radius 1 is 1.50 bits per heavy atom. The van der Waals surface area contributed by atoms with Crippen molar-refractivity contribution >= 4 is 31.6 Å². The maximum absolute atomic E-state index is 12.3. The number of anilines is 1. The van der Waals surface area contributed by atoms with Crippen LogP contribution in [0.3, 0.4) is 0 Å². The maximum Gasteiger partial charge on any atom is 0.245 e. The molecule has 100 valence electrons. The van der Waals surface area contributed by atoms with Crippen molar-refractivity contribution in [2.75, 3.05) is 25.4 Å². The molecule has 3 N–H and O–H groups in total. The highest BCUT2D eigenvalue weighted by molar-refractivity contribution is 9.10. The normalized spacial score (nSPS) is 11.7. The lowest BCUT2D eigenvalue weighted by molar-refractivity contribution is 0.260. The van der Waals surface area contributed by atoms with E-state index in [1.165, 1.54) is 18.2 Å². The van der Waals surface area contributed by atoms with Crippen LogP contribution in [-0.4, -0.2) is 37.5 Å². The molecule has 5 nitrogen and oxygen atoms in total. The first kappa shape index (κ1) is 15.2. The Labute approximate surface area is 115 Å². The summed E-state index contributed by atoms with van der Waals surface area (Å²) in [5.41, 5.74) is 5.88. The third-order valence-corrected chi connectivity index (χ3v) is 4.70. The van der Waals surface area contributed by atoms with Gasteiger partial charge < -0.3 is 10.8 Å². The summed E-state index contributed by atoms with van der Waals surface area (Å²) < 4.78 is 26.5. The van der Waals surface area contributed by atoms with E-state index in [1.54, 1.807) is 6.07 Å². The van der Waals surface area contributed by atoms with Crippen molar-refractivity contribution in [3.05, 3.63) is 35.3 Å². The van der Waals surface area contributed by atoms with Crippen LogP contribution in [0.1, 0.15) is 0 Å². The number of hydrogen-bond donors (Lipinski definition) is 2. The fourth-order valence-corrected chi connectivity index (χ4v) is 3.34. The Hall–Kier alpha value is -0.890. The van der Waals surface area contributed by atoms with E-state index < -0.39 is 10.0 Å². The number of halogens is 1. The molecule has 1 aromatic carbocycles. The van der Waals surface area contributed by atoms with E-state index in [9.17, 15) is 8.42 Å². The highest BCUT2D eigenvalue weighted by Gasteiger charge is 2.25. The van der Waals surface area contributed by atoms with Gasteiger partial charge in [-0.1, -0.05) is 22.0 Å². The molecule has 0 heterocycles. The maximum atomic E-state index is 12.3. The standard InChI is InChI=1S/C11H15BrN2O3S/c1-2-5-14(6-7-15)18(16,17)11-4-3-9(12)8-10(11)13/h2-4,8,15H,1,5-7,13H2. The van der Waals surface area contributed by atoms with E-state index in [0.717, 1.165) is 4.31 Å². The van der Waals surface area contributed by atoms with Gasteiger partial charge in [0.05, 0.1) is 12.3 Å². The number of aliphatic hydroxyl groups is 1. The van der Waals surface area contributed by atoms with Crippen molar-refractivity contribution < 1.29 is 13.5 Å². The lowest BCUT2D eigenvalue weighted by Gasteiger charge is -2.20. The lowest BCUT2D eigenvalue weighted by atomic mass is 10.3. The third kappa shape index (κ3) is 3.32. The third-order valence-electron chi connectivity index (χ3n) is 2.27. The van der Waals surface area contributed by atoms with Crippen LogP contribution in [0.15, 0.2) is 40.2 Å². The zero-order valence-electron chi connectivity index (χ0n) is 9.71. The largest absolute Gasteiger partial charge is 0.398 e. The van der Waals surface area contributed by atoms with Gasteiger partial charge in [-0.3, -0.25) is 0 Å². The van der Waals surface area contributed by atoms with Crippen molar-refractivity contribution in [3.8, 4) is 0 Å². The second-order valence-electron chi connectivity index (χ2n) is 3.56. The lowest BCUT2D eigenvalue weighted by Crippen LogP contribution is -2.34. The van der Waals surface area contributed by atoms with Crippen molar-refractivity contribution in [1.29, 1.82) is 0 Å². The molecule has 18 heavy (non-hydrogen) atoms. The highest BCUT2D eigenvalue weighted by atomic mass is 79.9. The molecule has 0 aromatic heterocycles. The van der Waals surface area contributed by atoms with E-state index in [4.69, 9.17) is 10.8 Å². The van der Waals surface area contributed by atoms with E-state index in [-0.39, 0.29) is 30.3 Å². The number of aliphatic hydroxyl groups excluding tert-OH is 1. The Balaban J connectivity index is 3.21. The number of sulfonamides is 1. The molecule has 0 aliphatic heterocycles. The molecule has 0 spiro atoms. The molecule has 0 unspecified atom stereocenters. The summed E-state index contributed by atoms with van der Waals surface area (Å²) in [5, 5.41) is 8.91. The SMILES string of the molecule is C=CCN(CCO)S(=O)(=O)c1ccc(Br)cc1N. The van der Waals surface area contributed by atoms with Gasteiger partial charge in [-0.2, -0.15) is 4.31 Å². The van der Waals surface area contributed by atoms with Crippen LogP contribution in [-0.2, 0) is 10.0 Å². The zero-order chi connectivity index (χ0) is 13.8. The summed E-state index contributed by atoms with van der Waals surface area (Å²) in [6.45, 7) is 3.37. The second kappa shape index (κ2) is 6.33. The molecule has 0 atom stereocenters. The van der Waals surface area contributed by atoms with Crippen LogP contribution in [0, 0.1) is 0 Å². The van der Waals surface area contributed by atoms with Crippen LogP contribution in [0.5, 0.6) is 0 Å². The Bertz CT molecular complexity index is 531. The second-order valence-corrected chi connectivity index (χ2v) is 6.38. The fraction of sp³-hybridized carbons (Fsp3) is 0.273. The van der Waals surface area contributed by atoms with E-state index in [1.807, 2.05) is 0 Å². The van der Waals surface area contributed by atoms with Crippen molar-refractivity contribution in [2.45, 2.75) is 4.90 Å². The molecule has 0 aliphatic rings. The minimum Gasteiger partial charge on any atom is -0.398 e. The number of hydrogen-bond acceptors (Lipinski definition) is 4. The summed E-state index contributed by atoms with van der Waals surface area (Å²) in [6.07, 6.45) is 1.46. The molecule has 0 fully saturated rings. The number of nitrogen functional groups attached to an aromatic ring is 1. The predicted molar refractivity (Wildman–Crippen MR) is 74.6 cm³/mol. The molecule has 7 heteroatoms. The topological polar surface area (TPSA) is 83.6 Å². The predicted octanol–water partition coefficient (Wildman–Crippen LogP) is 1.20. The van der Waals surface area contributed by atoms with Crippen molar-refractivity contribution in [2.24, 2.45) is 0 Å². The van der Waals surface area contributed by atoms with E-state index in [0.29, 0.717) is 4.47 Å². The van der Waals surface area contributed by atoms with Gasteiger partial charge in [0.1, 0.15) is 4.90 Å². The minimum atomic E-state index is -3.72. The summed E-state index contributed by atoms with van der Waals surface area (Å²) >= 11 is 3.22. The summed E-state index contributed by atoms with van der Waals surface area (Å²) in [7, 11) is -3.72. The molecular weight excluding hydrogens is 320 g/mol. The first-order chi connectivity index (χ1) is 8.43. The fourth-order valence-electron chi connectivity index (χ4n) is 1.46. The molecule has 1 rings (SSSR count). The van der Waals surface area contributed by atoms with Crippen LogP contribution >= 0.6 is 15.9 Å². The molecule has 0 amide bonds. The van der Waals surface area contributed by atoms with Crippen LogP contribution in [0.2, 0.25) is 0 Å². The number of nitrogens with zero attached hydrogens (tertiary/aromatic N) is 1. The van der Waals surface area contributed by atoms with Gasteiger partial charge in [0, 0.05) is 17.6 Å². The molecule has 0 radical (unpaired) electrons. The smallest absolute Gasteiger partial charge is 0.245 e. The van der Waals surface area contributed by atoms with Crippen LogP contribution in [0.25, 0.3) is 0 Å². The number of rotatable bonds is 6. The van der Waals surface area contributed by atoms with Crippen molar-refractivity contribution in [3.63, 3.8) is 0 Å². The van der Waals surface area contributed by atoms with Gasteiger partial charge in [0.25, 0.3) is 0 Å². The molecule has 0 saturated heterocycles. The van der Waals surface area contributed by atoms with Crippen molar-refractivity contribution in [1.82, 2.24) is 4.31 Å². The minimum absolute atomic E-state index is 0.00383. The monoisotopic (exact) mass is 334 g/mol. The van der Waals surface area contributed by atoms with Gasteiger partial charge in [-0.05, 0) is 18.2 Å². The van der Waals surface area contributed by atoms with Gasteiger partial charge >= 0.3 is 0 Å². The quantitative estimate of drug-likeness (QED) is 0.604. The van der Waals surface area contributed by atoms with Gasteiger partial charge in [-0.25, -0.2) is 8.42 Å². The van der Waals surface area contributed by atoms with Crippen LogP contribution < -0.4 is 5.73 Å². The van der Waals surface area contributed by atoms with Crippen LogP contribution in [0.4, 0.5) is 5.69 Å². The first-order valence-corrected chi connectivity index (χ1v) is 7.43. The molecule has 1 aromatic rings. The molecule has 0 saturated carbocycles. The Morgan fingerprint density at radius 2 is 2.17 bits per heavy atom. The molecule has 0 bridgehead atoms. The van der Waals surface area contributed by atoms with Gasteiger partial charge in [-0.15, -0.1) is 6.58 Å². The summed E-state index contributed by atoms with van der Waals surface area (Å²) in [4.78, 5) is 0.0287.